The minimum absolute atomic E-state index is 0.0134. The summed E-state index contributed by atoms with van der Waals surface area (Å²) in [5.41, 5.74) is -2.64. The molecular formula is C60H48O24. The zero-order valence-electron chi connectivity index (χ0n) is 42.8. The highest BCUT2D eigenvalue weighted by Crippen LogP contribution is 2.68. The van der Waals surface area contributed by atoms with Gasteiger partial charge in [-0.25, -0.2) is 0 Å². The van der Waals surface area contributed by atoms with Crippen LogP contribution in [0.2, 0.25) is 0 Å². The fourth-order valence-corrected chi connectivity index (χ4v) is 12.5. The number of benzene rings is 8. The third-order valence-electron chi connectivity index (χ3n) is 16.4. The topological polar surface area (TPSA) is 431 Å². The van der Waals surface area contributed by atoms with Gasteiger partial charge in [0.1, 0.15) is 93.4 Å². The van der Waals surface area contributed by atoms with Crippen molar-refractivity contribution in [2.24, 2.45) is 0 Å². The van der Waals surface area contributed by atoms with Crippen molar-refractivity contribution < 1.29 is 121 Å². The molecule has 0 unspecified atom stereocenters. The van der Waals surface area contributed by atoms with Crippen LogP contribution in [0.3, 0.4) is 0 Å². The summed E-state index contributed by atoms with van der Waals surface area (Å²) in [7, 11) is 0. The van der Waals surface area contributed by atoms with E-state index in [0.29, 0.717) is 0 Å². The summed E-state index contributed by atoms with van der Waals surface area (Å²) in [5.74, 6) is -20.4. The van der Waals surface area contributed by atoms with E-state index in [1.807, 2.05) is 0 Å². The van der Waals surface area contributed by atoms with Gasteiger partial charge in [0.25, 0.3) is 0 Å². The van der Waals surface area contributed by atoms with Gasteiger partial charge in [0.15, 0.2) is 58.2 Å². The van der Waals surface area contributed by atoms with E-state index in [2.05, 4.69) is 0 Å². The van der Waals surface area contributed by atoms with Crippen LogP contribution in [0.5, 0.6) is 115 Å². The second kappa shape index (κ2) is 18.6. The van der Waals surface area contributed by atoms with E-state index in [0.717, 1.165) is 78.9 Å². The molecule has 19 N–H and O–H groups in total. The summed E-state index contributed by atoms with van der Waals surface area (Å²) in [5, 5.41) is 218. The maximum Gasteiger partial charge on any atom is 0.305 e. The number of rotatable bonds is 6. The molecule has 8 aromatic carbocycles. The Kier molecular flexibility index (Phi) is 11.7. The Morgan fingerprint density at radius 1 is 0.333 bits per heavy atom. The van der Waals surface area contributed by atoms with Gasteiger partial charge in [0.05, 0.1) is 23.9 Å². The maximum absolute atomic E-state index is 13.2. The third-order valence-corrected chi connectivity index (χ3v) is 16.4. The van der Waals surface area contributed by atoms with Crippen LogP contribution in [0.1, 0.15) is 97.3 Å². The number of ether oxygens (including phenoxy) is 5. The number of hydrogen-bond acceptors (Lipinski definition) is 24. The van der Waals surface area contributed by atoms with Crippen molar-refractivity contribution >= 4 is 0 Å². The lowest BCUT2D eigenvalue weighted by Crippen LogP contribution is -2.58. The van der Waals surface area contributed by atoms with Gasteiger partial charge in [-0.05, 0) is 71.3 Å². The molecule has 0 saturated heterocycles. The van der Waals surface area contributed by atoms with Gasteiger partial charge >= 0.3 is 5.79 Å². The van der Waals surface area contributed by atoms with Crippen LogP contribution in [0, 0.1) is 0 Å². The predicted octanol–water partition coefficient (Wildman–Crippen LogP) is 5.69. The van der Waals surface area contributed by atoms with Crippen molar-refractivity contribution in [1.29, 1.82) is 0 Å². The van der Waals surface area contributed by atoms with Gasteiger partial charge in [0.2, 0.25) is 0 Å². The van der Waals surface area contributed by atoms with Crippen molar-refractivity contribution in [3.05, 3.63) is 164 Å². The molecule has 11 atom stereocenters. The molecule has 0 spiro atoms. The number of aromatic hydroxyl groups is 15. The Balaban J connectivity index is 1.09. The van der Waals surface area contributed by atoms with Gasteiger partial charge in [-0.3, -0.25) is 0 Å². The lowest BCUT2D eigenvalue weighted by Gasteiger charge is -2.52. The Morgan fingerprint density at radius 3 is 1.36 bits per heavy atom. The zero-order valence-corrected chi connectivity index (χ0v) is 42.8. The highest BCUT2D eigenvalue weighted by atomic mass is 16.7. The molecule has 0 fully saturated rings. The highest BCUT2D eigenvalue weighted by molar-refractivity contribution is 5.74. The average molecular weight is 1150 g/mol. The van der Waals surface area contributed by atoms with Crippen LogP contribution in [-0.4, -0.2) is 121 Å². The molecule has 0 aromatic heterocycles. The molecule has 5 heterocycles. The number of aliphatic hydroxyl groups excluding tert-OH is 4. The molecule has 5 aliphatic heterocycles. The monoisotopic (exact) mass is 1150 g/mol. The largest absolute Gasteiger partial charge is 0.508 e. The van der Waals surface area contributed by atoms with E-state index >= 15 is 0 Å². The molecule has 0 radical (unpaired) electrons. The van der Waals surface area contributed by atoms with Crippen molar-refractivity contribution in [1.82, 2.24) is 0 Å². The fraction of sp³-hybridized carbons (Fsp3) is 0.200. The van der Waals surface area contributed by atoms with Crippen LogP contribution >= 0.6 is 0 Å². The Bertz CT molecular complexity index is 4110. The molecule has 8 aromatic rings. The maximum atomic E-state index is 13.2. The average Bonchev–Trinajstić information content (AvgIpc) is 0.890. The predicted molar refractivity (Wildman–Crippen MR) is 283 cm³/mol. The van der Waals surface area contributed by atoms with Crippen molar-refractivity contribution in [2.75, 3.05) is 0 Å². The van der Waals surface area contributed by atoms with E-state index in [1.165, 1.54) is 24.3 Å². The fourth-order valence-electron chi connectivity index (χ4n) is 12.5. The molecule has 0 aliphatic carbocycles. The van der Waals surface area contributed by atoms with E-state index in [1.54, 1.807) is 0 Å². The van der Waals surface area contributed by atoms with Gasteiger partial charge < -0.3 is 121 Å². The smallest absolute Gasteiger partial charge is 0.305 e. The van der Waals surface area contributed by atoms with Gasteiger partial charge in [-0.2, -0.15) is 0 Å². The first-order chi connectivity index (χ1) is 40.0. The molecule has 84 heavy (non-hydrogen) atoms. The Morgan fingerprint density at radius 2 is 0.786 bits per heavy atom. The van der Waals surface area contributed by atoms with Crippen LogP contribution in [0.15, 0.2) is 103 Å². The lowest BCUT2D eigenvalue weighted by atomic mass is 9.70. The number of fused-ring (bicyclic) bond motifs is 10. The highest BCUT2D eigenvalue weighted by Gasteiger charge is 2.62. The summed E-state index contributed by atoms with van der Waals surface area (Å²) < 4.78 is 32.9. The third kappa shape index (κ3) is 7.68. The molecule has 2 bridgehead atoms. The van der Waals surface area contributed by atoms with Crippen LogP contribution in [0.4, 0.5) is 0 Å². The van der Waals surface area contributed by atoms with E-state index < -0.39 is 193 Å². The SMILES string of the molecule is Oc1cc(O)c2c(c1)O[C@H](c1ccc(O)c(O)c1)[C@H](O)[C@H]2c1c(O)cc(O)c2c1O[C@@]1(c3ccc(O)c(O)c3)Oc3cc(O)c4c(c3[C@@H]2[C@H]1O)O[C@H](c1ccc(O)c(O)c1)[C@H](O)[C@H]4c1c(O)cc(O)c2c1O[C@H](c1ccc(O)c(O)c1)[C@@H](O)C2. The molecule has 24 nitrogen and oxygen atoms in total. The molecule has 13 rings (SSSR count). The zero-order chi connectivity index (χ0) is 59.4. The normalized spacial score (nSPS) is 25.1. The number of phenolic OH excluding ortho intramolecular Hbond substituents is 15. The summed E-state index contributed by atoms with van der Waals surface area (Å²) in [4.78, 5) is 0. The molecule has 0 saturated carbocycles. The first-order valence-corrected chi connectivity index (χ1v) is 25.8. The quantitative estimate of drug-likeness (QED) is 0.0889. The number of aliphatic hydroxyl groups is 4. The second-order valence-corrected chi connectivity index (χ2v) is 21.2. The van der Waals surface area contributed by atoms with Crippen molar-refractivity contribution in [2.45, 2.75) is 72.7 Å². The van der Waals surface area contributed by atoms with E-state index in [9.17, 15) is 97.0 Å². The standard InChI is InChI=1S/C60H48O24/c61-23-13-34(71)42-40(14-23)80-54(20-2-6-26(63)31(68)10-20)51(77)48(42)45-36(73)17-37(74)46-50-47-41(83-60(59(50)79,84-58(45)46)22-4-8-28(65)33(70)12-22)18-38(75)44-49(52(78)55(82-57(44)47)21-3-7-27(64)32(69)11-21)43-35(72)16-29(66)24-15-39(76)53(81-56(24)43)19-1-5-25(62)30(67)9-19/h1-14,16-18,39,48-55,59,61-79H,15H2/t39-,48+,49-,50+,51+,52+,53+,54+,55+,59+,60+/m0/s1. The van der Waals surface area contributed by atoms with E-state index in [-0.39, 0.29) is 56.0 Å². The minimum Gasteiger partial charge on any atom is -0.508 e. The number of hydrogen-bond donors (Lipinski definition) is 19. The van der Waals surface area contributed by atoms with Gasteiger partial charge in [-0.1, -0.05) is 18.2 Å². The minimum atomic E-state index is -2.72. The lowest BCUT2D eigenvalue weighted by molar-refractivity contribution is -0.219. The summed E-state index contributed by atoms with van der Waals surface area (Å²) in [6, 6.07) is 18.2. The molecule has 5 aliphatic rings. The number of phenols is 15. The Labute approximate surface area is 471 Å². The van der Waals surface area contributed by atoms with Crippen LogP contribution in [-0.2, 0) is 12.2 Å². The van der Waals surface area contributed by atoms with Crippen molar-refractivity contribution in [3.63, 3.8) is 0 Å². The van der Waals surface area contributed by atoms with Crippen LogP contribution in [0.25, 0.3) is 0 Å². The Hall–Kier alpha value is -10.4. The molecular weight excluding hydrogens is 1100 g/mol. The summed E-state index contributed by atoms with van der Waals surface area (Å²) in [6.45, 7) is 0. The van der Waals surface area contributed by atoms with Gasteiger partial charge in [0, 0.05) is 81.3 Å². The molecule has 0 amide bonds. The van der Waals surface area contributed by atoms with Gasteiger partial charge in [-0.15, -0.1) is 0 Å². The molecule has 24 heteroatoms. The summed E-state index contributed by atoms with van der Waals surface area (Å²) in [6.07, 6.45) is -12.8. The van der Waals surface area contributed by atoms with E-state index in [4.69, 9.17) is 23.7 Å². The summed E-state index contributed by atoms with van der Waals surface area (Å²) >= 11 is 0. The van der Waals surface area contributed by atoms with Crippen LogP contribution < -0.4 is 23.7 Å². The molecule has 432 valence electrons. The first kappa shape index (κ1) is 52.9. The van der Waals surface area contributed by atoms with Crippen molar-refractivity contribution in [3.8, 4) is 115 Å². The first-order valence-electron chi connectivity index (χ1n) is 25.8. The second-order valence-electron chi connectivity index (χ2n) is 21.2.